The van der Waals surface area contributed by atoms with Gasteiger partial charge in [0.1, 0.15) is 0 Å². The van der Waals surface area contributed by atoms with Gasteiger partial charge >= 0.3 is 0 Å². The van der Waals surface area contributed by atoms with Gasteiger partial charge in [-0.1, -0.05) is 30.4 Å². The molecule has 148 valence electrons. The molecule has 8 heteroatoms. The number of anilines is 1. The first-order valence-corrected chi connectivity index (χ1v) is 10.7. The molecule has 4 heterocycles. The number of fused-ring (bicyclic) bond motifs is 1. The Hall–Kier alpha value is -3.00. The van der Waals surface area contributed by atoms with Crippen LogP contribution in [0.5, 0.6) is 0 Å². The van der Waals surface area contributed by atoms with Crippen LogP contribution in [-0.4, -0.2) is 37.8 Å². The first-order valence-electron chi connectivity index (χ1n) is 9.85. The molecule has 0 amide bonds. The molecule has 29 heavy (non-hydrogen) atoms. The van der Waals surface area contributed by atoms with Crippen molar-refractivity contribution in [2.24, 2.45) is 5.92 Å². The van der Waals surface area contributed by atoms with E-state index < -0.39 is 0 Å². The minimum atomic E-state index is -0.146. The predicted octanol–water partition coefficient (Wildman–Crippen LogP) is 3.78. The SMILES string of the molecule is Cc1nc(N2CCC(C)CC2)ncc1-c1cc(=O)n(-c2nc3ccccc3s2)[nH]1. The lowest BCUT2D eigenvalue weighted by atomic mass is 10.00. The lowest BCUT2D eigenvalue weighted by Gasteiger charge is -2.30. The number of rotatable bonds is 3. The average Bonchev–Trinajstić information content (AvgIpc) is 3.31. The maximum absolute atomic E-state index is 12.6. The maximum Gasteiger partial charge on any atom is 0.273 e. The zero-order chi connectivity index (χ0) is 20.0. The predicted molar refractivity (Wildman–Crippen MR) is 116 cm³/mol. The van der Waals surface area contributed by atoms with Crippen molar-refractivity contribution in [3.8, 4) is 16.4 Å². The van der Waals surface area contributed by atoms with Gasteiger partial charge in [0.25, 0.3) is 5.56 Å². The van der Waals surface area contributed by atoms with Crippen molar-refractivity contribution in [3.05, 3.63) is 52.6 Å². The second kappa shape index (κ2) is 7.11. The van der Waals surface area contributed by atoms with Gasteiger partial charge in [-0.25, -0.2) is 15.0 Å². The maximum atomic E-state index is 12.6. The summed E-state index contributed by atoms with van der Waals surface area (Å²) in [6, 6.07) is 9.45. The van der Waals surface area contributed by atoms with Gasteiger partial charge in [-0.3, -0.25) is 9.89 Å². The third-order valence-corrected chi connectivity index (χ3v) is 6.54. The van der Waals surface area contributed by atoms with Gasteiger partial charge in [0.2, 0.25) is 11.1 Å². The lowest BCUT2D eigenvalue weighted by Crippen LogP contribution is -2.34. The monoisotopic (exact) mass is 406 g/mol. The second-order valence-electron chi connectivity index (χ2n) is 7.65. The van der Waals surface area contributed by atoms with Gasteiger partial charge in [0, 0.05) is 30.9 Å². The fraction of sp³-hybridized carbons (Fsp3) is 0.333. The minimum Gasteiger partial charge on any atom is -0.341 e. The Kier molecular flexibility index (Phi) is 4.43. The summed E-state index contributed by atoms with van der Waals surface area (Å²) in [5, 5.41) is 3.80. The van der Waals surface area contributed by atoms with E-state index in [1.807, 2.05) is 37.4 Å². The molecule has 1 aliphatic heterocycles. The fourth-order valence-corrected chi connectivity index (χ4v) is 4.64. The Balaban J connectivity index is 1.47. The highest BCUT2D eigenvalue weighted by Crippen LogP contribution is 2.26. The van der Waals surface area contributed by atoms with E-state index in [9.17, 15) is 4.79 Å². The van der Waals surface area contributed by atoms with Crippen LogP contribution in [0, 0.1) is 12.8 Å². The summed E-state index contributed by atoms with van der Waals surface area (Å²) in [7, 11) is 0. The van der Waals surface area contributed by atoms with Crippen molar-refractivity contribution in [2.45, 2.75) is 26.7 Å². The van der Waals surface area contributed by atoms with Crippen molar-refractivity contribution in [2.75, 3.05) is 18.0 Å². The molecule has 7 nitrogen and oxygen atoms in total. The number of aromatic amines is 1. The highest BCUT2D eigenvalue weighted by Gasteiger charge is 2.19. The fourth-order valence-electron chi connectivity index (χ4n) is 3.71. The molecule has 0 spiro atoms. The normalized spacial score (nSPS) is 15.3. The topological polar surface area (TPSA) is 79.7 Å². The number of benzene rings is 1. The van der Waals surface area contributed by atoms with Crippen LogP contribution >= 0.6 is 11.3 Å². The zero-order valence-corrected chi connectivity index (χ0v) is 17.2. The number of piperidine rings is 1. The number of hydrogen-bond donors (Lipinski definition) is 1. The van der Waals surface area contributed by atoms with Gasteiger partial charge in [-0.2, -0.15) is 4.68 Å². The number of H-pyrrole nitrogens is 1. The van der Waals surface area contributed by atoms with Crippen molar-refractivity contribution in [3.63, 3.8) is 0 Å². The van der Waals surface area contributed by atoms with E-state index >= 15 is 0 Å². The molecule has 0 bridgehead atoms. The molecule has 1 fully saturated rings. The van der Waals surface area contributed by atoms with Crippen molar-refractivity contribution in [1.29, 1.82) is 0 Å². The van der Waals surface area contributed by atoms with Crippen LogP contribution in [0.4, 0.5) is 5.95 Å². The van der Waals surface area contributed by atoms with Gasteiger partial charge in [0.15, 0.2) is 0 Å². The molecule has 0 aliphatic carbocycles. The summed E-state index contributed by atoms with van der Waals surface area (Å²) in [5.41, 5.74) is 3.12. The number of hydrogen-bond acceptors (Lipinski definition) is 6. The lowest BCUT2D eigenvalue weighted by molar-refractivity contribution is 0.434. The van der Waals surface area contributed by atoms with E-state index in [-0.39, 0.29) is 5.56 Å². The molecule has 4 aromatic rings. The number of nitrogens with zero attached hydrogens (tertiary/aromatic N) is 5. The Morgan fingerprint density at radius 1 is 1.17 bits per heavy atom. The summed E-state index contributed by atoms with van der Waals surface area (Å²) in [6.07, 6.45) is 4.15. The second-order valence-corrected chi connectivity index (χ2v) is 8.66. The molecule has 0 radical (unpaired) electrons. The Labute approximate surface area is 172 Å². The third kappa shape index (κ3) is 3.33. The molecular formula is C21H22N6OS. The molecule has 0 unspecified atom stereocenters. The Morgan fingerprint density at radius 2 is 1.97 bits per heavy atom. The number of aryl methyl sites for hydroxylation is 1. The van der Waals surface area contributed by atoms with Crippen LogP contribution in [0.3, 0.4) is 0 Å². The first-order chi connectivity index (χ1) is 14.1. The average molecular weight is 407 g/mol. The molecule has 1 aromatic carbocycles. The van der Waals surface area contributed by atoms with Gasteiger partial charge in [-0.15, -0.1) is 0 Å². The van der Waals surface area contributed by atoms with Crippen LogP contribution < -0.4 is 10.5 Å². The molecule has 0 saturated carbocycles. The van der Waals surface area contributed by atoms with Crippen LogP contribution in [0.1, 0.15) is 25.5 Å². The number of nitrogens with one attached hydrogen (secondary N) is 1. The molecule has 0 atom stereocenters. The van der Waals surface area contributed by atoms with Crippen LogP contribution in [-0.2, 0) is 0 Å². The highest BCUT2D eigenvalue weighted by atomic mass is 32.1. The van der Waals surface area contributed by atoms with E-state index in [0.29, 0.717) is 10.8 Å². The minimum absolute atomic E-state index is 0.146. The molecule has 3 aromatic heterocycles. The van der Waals surface area contributed by atoms with Crippen LogP contribution in [0.15, 0.2) is 41.3 Å². The quantitative estimate of drug-likeness (QED) is 0.560. The van der Waals surface area contributed by atoms with Crippen LogP contribution in [0.25, 0.3) is 26.6 Å². The number of aromatic nitrogens is 5. The molecular weight excluding hydrogens is 384 g/mol. The van der Waals surface area contributed by atoms with E-state index in [1.165, 1.54) is 28.9 Å². The van der Waals surface area contributed by atoms with E-state index in [4.69, 9.17) is 4.98 Å². The molecule has 5 rings (SSSR count). The number of thiazole rings is 1. The third-order valence-electron chi connectivity index (χ3n) is 5.52. The zero-order valence-electron chi connectivity index (χ0n) is 16.4. The summed E-state index contributed by atoms with van der Waals surface area (Å²) in [6.45, 7) is 6.23. The standard InChI is InChI=1S/C21H22N6OS/c1-13-7-9-26(10-8-13)20-22-12-15(14(2)23-20)17-11-19(28)27(25-17)21-24-16-5-3-4-6-18(16)29-21/h3-6,11-13,25H,7-10H2,1-2H3. The largest absolute Gasteiger partial charge is 0.341 e. The van der Waals surface area contributed by atoms with Crippen molar-refractivity contribution < 1.29 is 0 Å². The summed E-state index contributed by atoms with van der Waals surface area (Å²) < 4.78 is 2.53. The van der Waals surface area contributed by atoms with E-state index in [0.717, 1.165) is 46.4 Å². The summed E-state index contributed by atoms with van der Waals surface area (Å²) in [5.74, 6) is 1.53. The molecule has 1 aliphatic rings. The summed E-state index contributed by atoms with van der Waals surface area (Å²) in [4.78, 5) is 28.7. The summed E-state index contributed by atoms with van der Waals surface area (Å²) >= 11 is 1.48. The van der Waals surface area contributed by atoms with Crippen LogP contribution in [0.2, 0.25) is 0 Å². The van der Waals surface area contributed by atoms with E-state index in [1.54, 1.807) is 6.07 Å². The number of para-hydroxylation sites is 1. The van der Waals surface area contributed by atoms with Gasteiger partial charge in [0.05, 0.1) is 21.6 Å². The van der Waals surface area contributed by atoms with Crippen molar-refractivity contribution >= 4 is 27.5 Å². The Bertz CT molecular complexity index is 1200. The van der Waals surface area contributed by atoms with Gasteiger partial charge < -0.3 is 4.90 Å². The smallest absolute Gasteiger partial charge is 0.273 e. The van der Waals surface area contributed by atoms with Gasteiger partial charge in [-0.05, 0) is 37.8 Å². The van der Waals surface area contributed by atoms with E-state index in [2.05, 4.69) is 26.9 Å². The van der Waals surface area contributed by atoms with Crippen molar-refractivity contribution in [1.82, 2.24) is 24.7 Å². The Morgan fingerprint density at radius 3 is 2.72 bits per heavy atom. The molecule has 1 saturated heterocycles. The highest BCUT2D eigenvalue weighted by molar-refractivity contribution is 7.20. The molecule has 1 N–H and O–H groups in total. The first kappa shape index (κ1) is 18.1.